The van der Waals surface area contributed by atoms with Crippen LogP contribution in [-0.2, 0) is 14.8 Å². The Hall–Kier alpha value is -1.60. The lowest BCUT2D eigenvalue weighted by Crippen LogP contribution is -2.28. The van der Waals surface area contributed by atoms with Gasteiger partial charge in [0.1, 0.15) is 5.75 Å². The second-order valence-electron chi connectivity index (χ2n) is 4.00. The third kappa shape index (κ3) is 4.22. The molecule has 0 radical (unpaired) electrons. The zero-order valence-corrected chi connectivity index (χ0v) is 11.7. The van der Waals surface area contributed by atoms with Crippen LogP contribution in [0.2, 0.25) is 0 Å². The molecule has 0 amide bonds. The number of methoxy groups -OCH3 is 1. The molecule has 0 unspecified atom stereocenters. The van der Waals surface area contributed by atoms with E-state index in [1.54, 1.807) is 12.1 Å². The maximum Gasteiger partial charge on any atom is 0.303 e. The molecular weight excluding hydrogens is 270 g/mol. The van der Waals surface area contributed by atoms with Gasteiger partial charge in [0.2, 0.25) is 10.0 Å². The molecule has 19 heavy (non-hydrogen) atoms. The topological polar surface area (TPSA) is 83.9 Å². The van der Waals surface area contributed by atoms with Crippen molar-refractivity contribution in [3.8, 4) is 5.75 Å². The predicted octanol–water partition coefficient (Wildman–Crippen LogP) is 1.18. The van der Waals surface area contributed by atoms with E-state index >= 15 is 0 Å². The van der Waals surface area contributed by atoms with E-state index in [-0.39, 0.29) is 24.3 Å². The minimum atomic E-state index is -3.58. The van der Waals surface area contributed by atoms with Crippen molar-refractivity contribution in [2.45, 2.75) is 17.7 Å². The van der Waals surface area contributed by atoms with Crippen molar-refractivity contribution in [1.29, 1.82) is 0 Å². The Balaban J connectivity index is 2.75. The fourth-order valence-electron chi connectivity index (χ4n) is 1.50. The molecule has 0 atom stereocenters. The lowest BCUT2D eigenvalue weighted by Gasteiger charge is -2.16. The molecule has 0 saturated carbocycles. The van der Waals surface area contributed by atoms with Crippen LogP contribution in [0.4, 0.5) is 0 Å². The zero-order chi connectivity index (χ0) is 14.5. The summed E-state index contributed by atoms with van der Waals surface area (Å²) in [6, 6.07) is 6.06. The number of carbonyl (C=O) groups is 1. The van der Waals surface area contributed by atoms with Gasteiger partial charge in [0.15, 0.2) is 0 Å². The molecular formula is C12H17NO5S. The molecule has 1 aromatic rings. The van der Waals surface area contributed by atoms with Crippen molar-refractivity contribution in [3.63, 3.8) is 0 Å². The highest BCUT2D eigenvalue weighted by molar-refractivity contribution is 7.89. The molecule has 106 valence electrons. The standard InChI is InChI=1S/C12H17NO5S/c1-13(9-3-4-12(14)15)19(16,17)11-7-5-10(18-2)6-8-11/h5-8H,3-4,9H2,1-2H3,(H,14,15). The van der Waals surface area contributed by atoms with Crippen molar-refractivity contribution < 1.29 is 23.1 Å². The van der Waals surface area contributed by atoms with Gasteiger partial charge in [0.05, 0.1) is 12.0 Å². The molecule has 0 fully saturated rings. The van der Waals surface area contributed by atoms with E-state index in [0.717, 1.165) is 4.31 Å². The van der Waals surface area contributed by atoms with Gasteiger partial charge in [-0.25, -0.2) is 12.7 Å². The number of carboxylic acids is 1. The summed E-state index contributed by atoms with van der Waals surface area (Å²) >= 11 is 0. The highest BCUT2D eigenvalue weighted by atomic mass is 32.2. The van der Waals surface area contributed by atoms with Gasteiger partial charge in [-0.2, -0.15) is 0 Å². The summed E-state index contributed by atoms with van der Waals surface area (Å²) in [4.78, 5) is 10.5. The third-order valence-electron chi connectivity index (χ3n) is 2.63. The summed E-state index contributed by atoms with van der Waals surface area (Å²) in [7, 11) is -0.644. The van der Waals surface area contributed by atoms with Gasteiger partial charge in [-0.15, -0.1) is 0 Å². The van der Waals surface area contributed by atoms with Gasteiger partial charge in [0, 0.05) is 20.0 Å². The molecule has 0 aromatic heterocycles. The van der Waals surface area contributed by atoms with Gasteiger partial charge in [-0.3, -0.25) is 4.79 Å². The van der Waals surface area contributed by atoms with Gasteiger partial charge in [0.25, 0.3) is 0 Å². The number of nitrogens with zero attached hydrogens (tertiary/aromatic N) is 1. The summed E-state index contributed by atoms with van der Waals surface area (Å²) in [6.07, 6.45) is 0.226. The number of aliphatic carboxylic acids is 1. The number of rotatable bonds is 7. The quantitative estimate of drug-likeness (QED) is 0.814. The monoisotopic (exact) mass is 287 g/mol. The molecule has 1 N–H and O–H groups in total. The van der Waals surface area contributed by atoms with Crippen molar-refractivity contribution in [3.05, 3.63) is 24.3 Å². The van der Waals surface area contributed by atoms with E-state index in [2.05, 4.69) is 0 Å². The molecule has 6 nitrogen and oxygen atoms in total. The smallest absolute Gasteiger partial charge is 0.303 e. The lowest BCUT2D eigenvalue weighted by atomic mass is 10.3. The Labute approximate surface area is 112 Å². The number of hydrogen-bond acceptors (Lipinski definition) is 4. The molecule has 0 bridgehead atoms. The maximum atomic E-state index is 12.1. The van der Waals surface area contributed by atoms with Crippen LogP contribution in [0.3, 0.4) is 0 Å². The SMILES string of the molecule is COc1ccc(S(=O)(=O)N(C)CCCC(=O)O)cc1. The van der Waals surface area contributed by atoms with Crippen LogP contribution in [0.5, 0.6) is 5.75 Å². The molecule has 0 aliphatic heterocycles. The fraction of sp³-hybridized carbons (Fsp3) is 0.417. The summed E-state index contributed by atoms with van der Waals surface area (Å²) in [5, 5.41) is 8.52. The minimum absolute atomic E-state index is 0.0531. The largest absolute Gasteiger partial charge is 0.497 e. The number of sulfonamides is 1. The van der Waals surface area contributed by atoms with Crippen molar-refractivity contribution in [1.82, 2.24) is 4.31 Å². The second kappa shape index (κ2) is 6.53. The van der Waals surface area contributed by atoms with Crippen molar-refractivity contribution in [2.75, 3.05) is 20.7 Å². The van der Waals surface area contributed by atoms with E-state index in [0.29, 0.717) is 5.75 Å². The summed E-state index contributed by atoms with van der Waals surface area (Å²) < 4.78 is 30.4. The van der Waals surface area contributed by atoms with Crippen LogP contribution in [0.15, 0.2) is 29.2 Å². The Bertz CT molecular complexity index is 524. The van der Waals surface area contributed by atoms with Crippen LogP contribution < -0.4 is 4.74 Å². The van der Waals surface area contributed by atoms with Gasteiger partial charge in [-0.05, 0) is 30.7 Å². The lowest BCUT2D eigenvalue weighted by molar-refractivity contribution is -0.137. The number of carboxylic acid groups (broad SMARTS) is 1. The first-order valence-corrected chi connectivity index (χ1v) is 7.14. The fourth-order valence-corrected chi connectivity index (χ4v) is 2.71. The van der Waals surface area contributed by atoms with E-state index < -0.39 is 16.0 Å². The molecule has 1 rings (SSSR count). The molecule has 0 spiro atoms. The third-order valence-corrected chi connectivity index (χ3v) is 4.50. The van der Waals surface area contributed by atoms with Gasteiger partial charge >= 0.3 is 5.97 Å². The highest BCUT2D eigenvalue weighted by Gasteiger charge is 2.20. The Morgan fingerprint density at radius 2 is 1.89 bits per heavy atom. The van der Waals surface area contributed by atoms with E-state index in [1.165, 1.54) is 26.3 Å². The minimum Gasteiger partial charge on any atom is -0.497 e. The Morgan fingerprint density at radius 3 is 2.37 bits per heavy atom. The second-order valence-corrected chi connectivity index (χ2v) is 6.04. The number of hydrogen-bond donors (Lipinski definition) is 1. The van der Waals surface area contributed by atoms with Gasteiger partial charge in [-0.1, -0.05) is 0 Å². The van der Waals surface area contributed by atoms with Crippen LogP contribution >= 0.6 is 0 Å². The number of benzene rings is 1. The Morgan fingerprint density at radius 1 is 1.32 bits per heavy atom. The highest BCUT2D eigenvalue weighted by Crippen LogP contribution is 2.18. The average molecular weight is 287 g/mol. The van der Waals surface area contributed by atoms with Gasteiger partial charge < -0.3 is 9.84 Å². The van der Waals surface area contributed by atoms with Crippen LogP contribution in [-0.4, -0.2) is 44.5 Å². The van der Waals surface area contributed by atoms with Crippen molar-refractivity contribution >= 4 is 16.0 Å². The van der Waals surface area contributed by atoms with Crippen LogP contribution in [0.25, 0.3) is 0 Å². The first-order valence-electron chi connectivity index (χ1n) is 5.70. The first kappa shape index (κ1) is 15.5. The summed E-state index contributed by atoms with van der Waals surface area (Å²) in [6.45, 7) is 0.167. The zero-order valence-electron chi connectivity index (χ0n) is 10.9. The first-order chi connectivity index (χ1) is 8.87. The average Bonchev–Trinajstić information content (AvgIpc) is 2.38. The maximum absolute atomic E-state index is 12.1. The molecule has 0 heterocycles. The normalized spacial score (nSPS) is 11.5. The molecule has 0 aliphatic carbocycles. The molecule has 0 saturated heterocycles. The van der Waals surface area contributed by atoms with E-state index in [4.69, 9.17) is 9.84 Å². The summed E-state index contributed by atoms with van der Waals surface area (Å²) in [5.41, 5.74) is 0. The predicted molar refractivity (Wildman–Crippen MR) is 69.7 cm³/mol. The Kier molecular flexibility index (Phi) is 5.31. The van der Waals surface area contributed by atoms with E-state index in [1.807, 2.05) is 0 Å². The van der Waals surface area contributed by atoms with E-state index in [9.17, 15) is 13.2 Å². The number of ether oxygens (including phenoxy) is 1. The molecule has 7 heteroatoms. The summed E-state index contributed by atoms with van der Waals surface area (Å²) in [5.74, 6) is -0.359. The molecule has 0 aliphatic rings. The molecule has 1 aromatic carbocycles. The van der Waals surface area contributed by atoms with Crippen LogP contribution in [0.1, 0.15) is 12.8 Å². The van der Waals surface area contributed by atoms with Crippen LogP contribution in [0, 0.1) is 0 Å². The van der Waals surface area contributed by atoms with Crippen molar-refractivity contribution in [2.24, 2.45) is 0 Å².